The summed E-state index contributed by atoms with van der Waals surface area (Å²) in [5.41, 5.74) is 2.84. The van der Waals surface area contributed by atoms with E-state index in [4.69, 9.17) is 20.5 Å². The molecule has 1 aromatic carbocycles. The number of likely N-dealkylation sites (tertiary alicyclic amines) is 1. The van der Waals surface area contributed by atoms with E-state index in [2.05, 4.69) is 11.9 Å². The number of hydrogen-bond donors (Lipinski definition) is 3. The van der Waals surface area contributed by atoms with Crippen LogP contribution in [0.3, 0.4) is 0 Å². The van der Waals surface area contributed by atoms with Gasteiger partial charge in [0.15, 0.2) is 5.76 Å². The van der Waals surface area contributed by atoms with Crippen LogP contribution in [0.1, 0.15) is 40.4 Å². The number of carbonyl (C=O) groups is 3. The van der Waals surface area contributed by atoms with Crippen LogP contribution in [0.5, 0.6) is 0 Å². The Bertz CT molecular complexity index is 1120. The minimum Gasteiger partial charge on any atom is -0.478 e. The maximum atomic E-state index is 12.6. The van der Waals surface area contributed by atoms with Crippen LogP contribution in [0.25, 0.3) is 10.9 Å². The summed E-state index contributed by atoms with van der Waals surface area (Å²) in [6, 6.07) is 9.11. The molecule has 0 atom stereocenters. The number of carbonyl (C=O) groups excluding carboxylic acids is 1. The van der Waals surface area contributed by atoms with Gasteiger partial charge in [0.1, 0.15) is 0 Å². The van der Waals surface area contributed by atoms with Gasteiger partial charge in [0, 0.05) is 29.3 Å². The molecule has 4 N–H and O–H groups in total. The molecule has 4 rings (SSSR count). The molecule has 0 saturated carbocycles. The molecule has 32 heavy (non-hydrogen) atoms. The highest BCUT2D eigenvalue weighted by Crippen LogP contribution is 2.34. The Balaban J connectivity index is 0.000000312. The molecule has 9 nitrogen and oxygen atoms in total. The third-order valence-corrected chi connectivity index (χ3v) is 5.40. The van der Waals surface area contributed by atoms with E-state index < -0.39 is 11.9 Å². The summed E-state index contributed by atoms with van der Waals surface area (Å²) < 4.78 is 6.91. The highest BCUT2D eigenvalue weighted by atomic mass is 16.4. The second kappa shape index (κ2) is 9.97. The van der Waals surface area contributed by atoms with Crippen molar-refractivity contribution in [2.45, 2.75) is 18.8 Å². The van der Waals surface area contributed by atoms with Gasteiger partial charge in [-0.05, 0) is 74.8 Å². The summed E-state index contributed by atoms with van der Waals surface area (Å²) in [4.78, 5) is 34.0. The number of benzene rings is 1. The van der Waals surface area contributed by atoms with Gasteiger partial charge in [0.2, 0.25) is 5.78 Å². The van der Waals surface area contributed by atoms with Crippen molar-refractivity contribution in [2.75, 3.05) is 26.0 Å². The first kappa shape index (κ1) is 22.8. The Hall–Kier alpha value is -3.85. The lowest BCUT2D eigenvalue weighted by molar-refractivity contribution is -0.134. The third kappa shape index (κ3) is 5.44. The smallest absolute Gasteiger partial charge is 0.328 e. The minimum absolute atomic E-state index is 0.0963. The van der Waals surface area contributed by atoms with Gasteiger partial charge in [-0.25, -0.2) is 9.59 Å². The maximum absolute atomic E-state index is 12.6. The highest BCUT2D eigenvalue weighted by molar-refractivity contribution is 6.09. The van der Waals surface area contributed by atoms with Gasteiger partial charge in [-0.3, -0.25) is 9.47 Å². The molecule has 1 fully saturated rings. The molecule has 168 valence electrons. The number of piperidine rings is 1. The number of carboxylic acids is 2. The van der Waals surface area contributed by atoms with Crippen molar-refractivity contribution >= 4 is 28.6 Å². The second-order valence-electron chi connectivity index (χ2n) is 7.62. The fourth-order valence-corrected chi connectivity index (χ4v) is 3.76. The lowest BCUT2D eigenvalue weighted by atomic mass is 9.89. The maximum Gasteiger partial charge on any atom is 0.328 e. The quantitative estimate of drug-likeness (QED) is 0.313. The van der Waals surface area contributed by atoms with Crippen LogP contribution in [0.15, 0.2) is 59.4 Å². The SMILES string of the molecule is CN1CCC(c2cn(N)c3ccc(C(=O)c4ccco4)cc23)CC1.O=C(O)C=CC(=O)O. The molecule has 2 aromatic heterocycles. The van der Waals surface area contributed by atoms with Gasteiger partial charge in [0.05, 0.1) is 11.8 Å². The molecule has 3 heterocycles. The Morgan fingerprint density at radius 2 is 1.75 bits per heavy atom. The zero-order valence-electron chi connectivity index (χ0n) is 17.6. The zero-order chi connectivity index (χ0) is 23.3. The monoisotopic (exact) mass is 439 g/mol. The number of nitrogens with two attached hydrogens (primary N) is 1. The van der Waals surface area contributed by atoms with Gasteiger partial charge in [-0.15, -0.1) is 0 Å². The lowest BCUT2D eigenvalue weighted by Crippen LogP contribution is -2.29. The van der Waals surface area contributed by atoms with Crippen molar-refractivity contribution in [1.82, 2.24) is 9.58 Å². The molecule has 3 aromatic rings. The Morgan fingerprint density at radius 3 is 2.31 bits per heavy atom. The molecule has 9 heteroatoms. The van der Waals surface area contributed by atoms with E-state index in [-0.39, 0.29) is 5.78 Å². The van der Waals surface area contributed by atoms with Crippen molar-refractivity contribution in [3.63, 3.8) is 0 Å². The normalized spacial score (nSPS) is 14.9. The number of ketones is 1. The van der Waals surface area contributed by atoms with Crippen molar-refractivity contribution in [3.8, 4) is 0 Å². The second-order valence-corrected chi connectivity index (χ2v) is 7.62. The first-order chi connectivity index (χ1) is 15.3. The first-order valence-corrected chi connectivity index (χ1v) is 10.1. The highest BCUT2D eigenvalue weighted by Gasteiger charge is 2.23. The summed E-state index contributed by atoms with van der Waals surface area (Å²) in [6.07, 6.45) is 6.89. The van der Waals surface area contributed by atoms with E-state index in [1.54, 1.807) is 16.8 Å². The summed E-state index contributed by atoms with van der Waals surface area (Å²) >= 11 is 0. The van der Waals surface area contributed by atoms with Crippen LogP contribution < -0.4 is 5.84 Å². The molecule has 0 amide bonds. The Labute approximate surface area is 184 Å². The first-order valence-electron chi connectivity index (χ1n) is 10.1. The zero-order valence-corrected chi connectivity index (χ0v) is 17.6. The van der Waals surface area contributed by atoms with Crippen LogP contribution >= 0.6 is 0 Å². The fraction of sp³-hybridized carbons (Fsp3) is 0.261. The number of aromatic nitrogens is 1. The molecule has 0 radical (unpaired) electrons. The van der Waals surface area contributed by atoms with Crippen molar-refractivity contribution in [3.05, 3.63) is 71.8 Å². The van der Waals surface area contributed by atoms with Crippen LogP contribution in [0.2, 0.25) is 0 Å². The summed E-state index contributed by atoms with van der Waals surface area (Å²) in [5.74, 6) is 4.38. The van der Waals surface area contributed by atoms with Crippen LogP contribution in [0, 0.1) is 0 Å². The number of nitrogen functional groups attached to an aromatic ring is 1. The molecule has 0 aliphatic carbocycles. The predicted molar refractivity (Wildman–Crippen MR) is 118 cm³/mol. The molecule has 0 spiro atoms. The number of aliphatic carboxylic acids is 2. The number of carboxylic acid groups (broad SMARTS) is 2. The predicted octanol–water partition coefficient (Wildman–Crippen LogP) is 2.70. The Morgan fingerprint density at radius 1 is 1.09 bits per heavy atom. The minimum atomic E-state index is -1.26. The number of nitrogens with zero attached hydrogens (tertiary/aromatic N) is 2. The van der Waals surface area contributed by atoms with Crippen LogP contribution in [0.4, 0.5) is 0 Å². The summed E-state index contributed by atoms with van der Waals surface area (Å²) in [7, 11) is 2.16. The van der Waals surface area contributed by atoms with Gasteiger partial charge in [0.25, 0.3) is 0 Å². The van der Waals surface area contributed by atoms with Crippen LogP contribution in [-0.2, 0) is 9.59 Å². The van der Waals surface area contributed by atoms with Crippen molar-refractivity contribution in [1.29, 1.82) is 0 Å². The Kier molecular flexibility index (Phi) is 7.11. The van der Waals surface area contributed by atoms with Gasteiger partial charge < -0.3 is 25.4 Å². The fourth-order valence-electron chi connectivity index (χ4n) is 3.76. The van der Waals surface area contributed by atoms with Crippen LogP contribution in [-0.4, -0.2) is 57.6 Å². The van der Waals surface area contributed by atoms with E-state index in [9.17, 15) is 14.4 Å². The van der Waals surface area contributed by atoms with E-state index >= 15 is 0 Å². The molecular formula is C23H25N3O6. The van der Waals surface area contributed by atoms with Crippen molar-refractivity contribution < 1.29 is 29.0 Å². The molecule has 0 unspecified atom stereocenters. The topological polar surface area (TPSA) is 139 Å². The van der Waals surface area contributed by atoms with Crippen molar-refractivity contribution in [2.24, 2.45) is 0 Å². The standard InChI is InChI=1S/C19H21N3O2.C4H4O4/c1-21-8-6-13(7-9-21)16-12-22(20)17-5-4-14(11-15(16)17)19(23)18-3-2-10-24-18;5-3(6)1-2-4(7)8/h2-5,10-13H,6-9,20H2,1H3;1-2H,(H,5,6)(H,7,8). The summed E-state index contributed by atoms with van der Waals surface area (Å²) in [6.45, 7) is 2.18. The molecule has 1 saturated heterocycles. The molecule has 0 bridgehead atoms. The average Bonchev–Trinajstić information content (AvgIpc) is 3.41. The number of furan rings is 1. The average molecular weight is 439 g/mol. The lowest BCUT2D eigenvalue weighted by Gasteiger charge is -2.28. The van der Waals surface area contributed by atoms with Gasteiger partial charge >= 0.3 is 11.9 Å². The largest absolute Gasteiger partial charge is 0.478 e. The van der Waals surface area contributed by atoms with E-state index in [1.807, 2.05) is 24.4 Å². The molecule has 1 aliphatic rings. The van der Waals surface area contributed by atoms with E-state index in [0.717, 1.165) is 36.8 Å². The van der Waals surface area contributed by atoms with E-state index in [0.29, 0.717) is 29.4 Å². The molecular weight excluding hydrogens is 414 g/mol. The number of rotatable bonds is 5. The number of hydrogen-bond acceptors (Lipinski definition) is 6. The van der Waals surface area contributed by atoms with Gasteiger partial charge in [-0.1, -0.05) is 0 Å². The summed E-state index contributed by atoms with van der Waals surface area (Å²) in [5, 5.41) is 16.7. The van der Waals surface area contributed by atoms with Gasteiger partial charge in [-0.2, -0.15) is 0 Å². The number of fused-ring (bicyclic) bond motifs is 1. The van der Waals surface area contributed by atoms with E-state index in [1.165, 1.54) is 11.8 Å². The molecule has 1 aliphatic heterocycles. The third-order valence-electron chi connectivity index (χ3n) is 5.40.